The minimum atomic E-state index is 0.372. The molecule has 5 heterocycles. The lowest BCUT2D eigenvalue weighted by Crippen LogP contribution is -2.05. The van der Waals surface area contributed by atoms with Crippen molar-refractivity contribution < 1.29 is 14.2 Å². The zero-order valence-electron chi connectivity index (χ0n) is 20.5. The Balaban J connectivity index is 0.000000180. The standard InChI is InChI=1S/C16H17N3O2.C11H10ClN3O/c1-20-13-6-12(8-18-9-13)14-10-19-16(7-15(14)17)11-2-4-21-5-3-11;1-16-8-2-7(4-14-5-8)9-6-15-11(12)3-10(9)13/h2,6-10H,3-5H2,1H3,(H2,17,19);2-6H,1H3,(H2,13,15). The first kappa shape index (κ1) is 25.9. The lowest BCUT2D eigenvalue weighted by Gasteiger charge is -2.14. The molecular formula is C27H27ClN6O3. The van der Waals surface area contributed by atoms with Gasteiger partial charge in [-0.15, -0.1) is 0 Å². The average Bonchev–Trinajstić information content (AvgIpc) is 2.94. The van der Waals surface area contributed by atoms with Gasteiger partial charge >= 0.3 is 0 Å². The van der Waals surface area contributed by atoms with Gasteiger partial charge in [-0.25, -0.2) is 4.98 Å². The predicted octanol–water partition coefficient (Wildman–Crippen LogP) is 4.93. The molecule has 0 amide bonds. The van der Waals surface area contributed by atoms with Crippen molar-refractivity contribution in [3.8, 4) is 33.8 Å². The second-order valence-electron chi connectivity index (χ2n) is 8.03. The normalized spacial score (nSPS) is 12.7. The Hall–Kier alpha value is -4.21. The lowest BCUT2D eigenvalue weighted by atomic mass is 10.0. The number of nitrogens with zero attached hydrogens (tertiary/aromatic N) is 4. The van der Waals surface area contributed by atoms with Gasteiger partial charge in [-0.2, -0.15) is 0 Å². The monoisotopic (exact) mass is 518 g/mol. The van der Waals surface area contributed by atoms with Crippen molar-refractivity contribution in [3.63, 3.8) is 0 Å². The van der Waals surface area contributed by atoms with Crippen LogP contribution in [0.15, 0.2) is 67.5 Å². The third kappa shape index (κ3) is 6.52. The maximum absolute atomic E-state index is 6.18. The van der Waals surface area contributed by atoms with E-state index < -0.39 is 0 Å². The van der Waals surface area contributed by atoms with Crippen molar-refractivity contribution in [2.24, 2.45) is 0 Å². The van der Waals surface area contributed by atoms with Crippen molar-refractivity contribution in [1.29, 1.82) is 0 Å². The summed E-state index contributed by atoms with van der Waals surface area (Å²) < 4.78 is 15.6. The number of methoxy groups -OCH3 is 2. The molecule has 9 nitrogen and oxygen atoms in total. The van der Waals surface area contributed by atoms with Gasteiger partial charge in [0.25, 0.3) is 0 Å². The summed E-state index contributed by atoms with van der Waals surface area (Å²) in [5.74, 6) is 1.37. The van der Waals surface area contributed by atoms with Crippen molar-refractivity contribution in [2.75, 3.05) is 38.9 Å². The second-order valence-corrected chi connectivity index (χ2v) is 8.42. The molecule has 10 heteroatoms. The molecule has 5 rings (SSSR count). The average molecular weight is 519 g/mol. The Morgan fingerprint density at radius 1 is 0.784 bits per heavy atom. The van der Waals surface area contributed by atoms with Crippen LogP contribution in [0, 0.1) is 0 Å². The molecule has 0 saturated heterocycles. The van der Waals surface area contributed by atoms with E-state index in [1.807, 2.05) is 18.2 Å². The van der Waals surface area contributed by atoms with Gasteiger partial charge in [0.05, 0.1) is 45.5 Å². The van der Waals surface area contributed by atoms with E-state index in [0.717, 1.165) is 41.0 Å². The molecule has 0 spiro atoms. The van der Waals surface area contributed by atoms with E-state index in [9.17, 15) is 0 Å². The fourth-order valence-corrected chi connectivity index (χ4v) is 3.85. The van der Waals surface area contributed by atoms with Crippen LogP contribution in [0.1, 0.15) is 12.1 Å². The van der Waals surface area contributed by atoms with E-state index in [2.05, 4.69) is 26.0 Å². The Labute approximate surface area is 220 Å². The SMILES string of the molecule is COc1cncc(-c2cnc(C3=CCOCC3)cc2N)c1.COc1cncc(-c2cnc(Cl)cc2N)c1. The van der Waals surface area contributed by atoms with Gasteiger partial charge in [0, 0.05) is 58.4 Å². The number of anilines is 2. The van der Waals surface area contributed by atoms with Gasteiger partial charge in [0.1, 0.15) is 16.7 Å². The lowest BCUT2D eigenvalue weighted by molar-refractivity contribution is 0.161. The summed E-state index contributed by atoms with van der Waals surface area (Å²) in [6.45, 7) is 1.37. The molecule has 0 fully saturated rings. The predicted molar refractivity (Wildman–Crippen MR) is 145 cm³/mol. The summed E-state index contributed by atoms with van der Waals surface area (Å²) in [6.07, 6.45) is 13.1. The minimum absolute atomic E-state index is 0.372. The second kappa shape index (κ2) is 12.2. The highest BCUT2D eigenvalue weighted by Crippen LogP contribution is 2.30. The number of nitrogen functional groups attached to an aromatic ring is 2. The van der Waals surface area contributed by atoms with Crippen LogP contribution in [0.2, 0.25) is 5.15 Å². The number of aromatic nitrogens is 4. The van der Waals surface area contributed by atoms with Crippen LogP contribution in [0.25, 0.3) is 27.8 Å². The molecule has 0 bridgehead atoms. The van der Waals surface area contributed by atoms with Gasteiger partial charge in [0.15, 0.2) is 0 Å². The van der Waals surface area contributed by atoms with Gasteiger partial charge in [0.2, 0.25) is 0 Å². The van der Waals surface area contributed by atoms with E-state index in [1.54, 1.807) is 57.5 Å². The smallest absolute Gasteiger partial charge is 0.137 e. The quantitative estimate of drug-likeness (QED) is 0.353. The van der Waals surface area contributed by atoms with Crippen LogP contribution >= 0.6 is 11.6 Å². The van der Waals surface area contributed by atoms with E-state index in [0.29, 0.717) is 34.6 Å². The number of hydrogen-bond acceptors (Lipinski definition) is 9. The zero-order chi connectivity index (χ0) is 26.2. The Kier molecular flexibility index (Phi) is 8.50. The molecule has 0 saturated carbocycles. The van der Waals surface area contributed by atoms with Crippen molar-refractivity contribution >= 4 is 28.5 Å². The van der Waals surface area contributed by atoms with Crippen LogP contribution in [0.4, 0.5) is 11.4 Å². The first-order chi connectivity index (χ1) is 18.0. The molecule has 1 aliphatic heterocycles. The summed E-state index contributed by atoms with van der Waals surface area (Å²) >= 11 is 5.73. The molecule has 37 heavy (non-hydrogen) atoms. The van der Waals surface area contributed by atoms with Crippen LogP contribution in [-0.4, -0.2) is 47.4 Å². The largest absolute Gasteiger partial charge is 0.495 e. The number of nitrogens with two attached hydrogens (primary N) is 2. The highest BCUT2D eigenvalue weighted by Gasteiger charge is 2.11. The summed E-state index contributed by atoms with van der Waals surface area (Å²) in [5.41, 5.74) is 18.8. The summed E-state index contributed by atoms with van der Waals surface area (Å²) in [4.78, 5) is 16.7. The van der Waals surface area contributed by atoms with E-state index in [4.69, 9.17) is 37.3 Å². The highest BCUT2D eigenvalue weighted by atomic mass is 35.5. The van der Waals surface area contributed by atoms with Crippen molar-refractivity contribution in [2.45, 2.75) is 6.42 Å². The fraction of sp³-hybridized carbons (Fsp3) is 0.185. The molecule has 4 N–H and O–H groups in total. The number of hydrogen-bond donors (Lipinski definition) is 2. The van der Waals surface area contributed by atoms with Crippen molar-refractivity contribution in [3.05, 3.63) is 78.4 Å². The van der Waals surface area contributed by atoms with Gasteiger partial charge in [-0.3, -0.25) is 15.0 Å². The minimum Gasteiger partial charge on any atom is -0.495 e. The third-order valence-corrected chi connectivity index (χ3v) is 5.86. The van der Waals surface area contributed by atoms with Crippen molar-refractivity contribution in [1.82, 2.24) is 19.9 Å². The van der Waals surface area contributed by atoms with Gasteiger partial charge < -0.3 is 25.7 Å². The zero-order valence-corrected chi connectivity index (χ0v) is 21.3. The number of ether oxygens (including phenoxy) is 3. The molecule has 0 radical (unpaired) electrons. The molecular weight excluding hydrogens is 492 g/mol. The maximum Gasteiger partial charge on any atom is 0.137 e. The number of halogens is 1. The fourth-order valence-electron chi connectivity index (χ4n) is 3.69. The van der Waals surface area contributed by atoms with E-state index in [-0.39, 0.29) is 0 Å². The molecule has 4 aromatic rings. The molecule has 1 aliphatic rings. The van der Waals surface area contributed by atoms with Crippen LogP contribution in [-0.2, 0) is 4.74 Å². The van der Waals surface area contributed by atoms with Crippen LogP contribution in [0.3, 0.4) is 0 Å². The van der Waals surface area contributed by atoms with E-state index in [1.165, 1.54) is 5.57 Å². The molecule has 0 unspecified atom stereocenters. The highest BCUT2D eigenvalue weighted by molar-refractivity contribution is 6.29. The Bertz CT molecular complexity index is 1410. The molecule has 0 aromatic carbocycles. The Morgan fingerprint density at radius 2 is 1.38 bits per heavy atom. The summed E-state index contributed by atoms with van der Waals surface area (Å²) in [6, 6.07) is 7.25. The topological polar surface area (TPSA) is 131 Å². The number of rotatable bonds is 5. The van der Waals surface area contributed by atoms with Gasteiger partial charge in [-0.1, -0.05) is 17.7 Å². The molecule has 190 valence electrons. The number of pyridine rings is 4. The Morgan fingerprint density at radius 3 is 1.89 bits per heavy atom. The third-order valence-electron chi connectivity index (χ3n) is 5.65. The van der Waals surface area contributed by atoms with Gasteiger partial charge in [-0.05, 0) is 36.3 Å². The molecule has 4 aromatic heterocycles. The summed E-state index contributed by atoms with van der Waals surface area (Å²) in [7, 11) is 3.20. The maximum atomic E-state index is 6.18. The first-order valence-electron chi connectivity index (χ1n) is 11.4. The van der Waals surface area contributed by atoms with Crippen LogP contribution in [0.5, 0.6) is 11.5 Å². The van der Waals surface area contributed by atoms with E-state index >= 15 is 0 Å². The van der Waals surface area contributed by atoms with Crippen LogP contribution < -0.4 is 20.9 Å². The molecule has 0 atom stereocenters. The summed E-state index contributed by atoms with van der Waals surface area (Å²) in [5, 5.41) is 0.372. The first-order valence-corrected chi connectivity index (χ1v) is 11.8. The molecule has 0 aliphatic carbocycles.